The van der Waals surface area contributed by atoms with Gasteiger partial charge < -0.3 is 14.7 Å². The zero-order valence-electron chi connectivity index (χ0n) is 12.0. The van der Waals surface area contributed by atoms with E-state index in [1.165, 1.54) is 0 Å². The monoisotopic (exact) mass is 329 g/mol. The molecule has 21 heavy (non-hydrogen) atoms. The lowest BCUT2D eigenvalue weighted by atomic mass is 10.2. The van der Waals surface area contributed by atoms with E-state index >= 15 is 0 Å². The number of rotatable bonds is 5. The number of aliphatic hydroxyl groups is 1. The van der Waals surface area contributed by atoms with Gasteiger partial charge in [0.25, 0.3) is 0 Å². The van der Waals surface area contributed by atoms with Crippen molar-refractivity contribution < 1.29 is 14.6 Å². The number of thioether (sulfide) groups is 1. The fourth-order valence-corrected chi connectivity index (χ4v) is 3.29. The van der Waals surface area contributed by atoms with Gasteiger partial charge in [0.05, 0.1) is 24.6 Å². The van der Waals surface area contributed by atoms with Crippen LogP contribution in [-0.4, -0.2) is 53.6 Å². The number of amides is 1. The fourth-order valence-electron chi connectivity index (χ4n) is 2.28. The second kappa shape index (κ2) is 8.03. The van der Waals surface area contributed by atoms with E-state index in [2.05, 4.69) is 0 Å². The molecule has 0 saturated carbocycles. The van der Waals surface area contributed by atoms with E-state index in [9.17, 15) is 9.90 Å². The van der Waals surface area contributed by atoms with Crippen molar-refractivity contribution in [3.63, 3.8) is 0 Å². The molecule has 1 N–H and O–H groups in total. The smallest absolute Gasteiger partial charge is 0.232 e. The van der Waals surface area contributed by atoms with Crippen molar-refractivity contribution in [2.75, 3.05) is 25.4 Å². The first-order valence-electron chi connectivity index (χ1n) is 6.94. The Hall–Kier alpha value is -0.750. The first-order valence-corrected chi connectivity index (χ1v) is 8.48. The first kappa shape index (κ1) is 16.6. The summed E-state index contributed by atoms with van der Waals surface area (Å²) in [7, 11) is 0. The molecule has 2 atom stereocenters. The molecule has 0 aromatic heterocycles. The quantitative estimate of drug-likeness (QED) is 0.899. The van der Waals surface area contributed by atoms with Gasteiger partial charge in [0.15, 0.2) is 0 Å². The van der Waals surface area contributed by atoms with Crippen molar-refractivity contribution in [3.05, 3.63) is 34.9 Å². The number of aliphatic hydroxyl groups excluding tert-OH is 1. The minimum Gasteiger partial charge on any atom is -0.394 e. The number of carbonyl (C=O) groups excluding carboxylic acids is 1. The summed E-state index contributed by atoms with van der Waals surface area (Å²) in [6.07, 6.45) is -0.292. The van der Waals surface area contributed by atoms with Crippen molar-refractivity contribution in [2.45, 2.75) is 24.9 Å². The third-order valence-corrected chi connectivity index (χ3v) is 4.53. The van der Waals surface area contributed by atoms with E-state index < -0.39 is 0 Å². The Morgan fingerprint density at radius 3 is 2.81 bits per heavy atom. The van der Waals surface area contributed by atoms with Crippen LogP contribution in [0.25, 0.3) is 0 Å². The molecular formula is C15H20ClNO3S. The van der Waals surface area contributed by atoms with Crippen molar-refractivity contribution >= 4 is 29.3 Å². The van der Waals surface area contributed by atoms with Gasteiger partial charge in [-0.1, -0.05) is 23.7 Å². The minimum absolute atomic E-state index is 0.0267. The first-order chi connectivity index (χ1) is 10.1. The van der Waals surface area contributed by atoms with Crippen LogP contribution in [0.3, 0.4) is 0 Å². The van der Waals surface area contributed by atoms with Gasteiger partial charge in [-0.2, -0.15) is 0 Å². The number of morpholine rings is 1. The zero-order chi connectivity index (χ0) is 15.2. The fraction of sp³-hybridized carbons (Fsp3) is 0.533. The number of halogens is 1. The highest BCUT2D eigenvalue weighted by Crippen LogP contribution is 2.17. The predicted molar refractivity (Wildman–Crippen MR) is 85.6 cm³/mol. The largest absolute Gasteiger partial charge is 0.394 e. The van der Waals surface area contributed by atoms with Crippen LogP contribution in [0.15, 0.2) is 24.3 Å². The Morgan fingerprint density at radius 1 is 1.43 bits per heavy atom. The van der Waals surface area contributed by atoms with Crippen LogP contribution in [0.2, 0.25) is 5.02 Å². The summed E-state index contributed by atoms with van der Waals surface area (Å²) in [5.74, 6) is 1.32. The van der Waals surface area contributed by atoms with Crippen molar-refractivity contribution in [2.24, 2.45) is 0 Å². The topological polar surface area (TPSA) is 49.8 Å². The maximum Gasteiger partial charge on any atom is 0.232 e. The van der Waals surface area contributed by atoms with E-state index in [4.69, 9.17) is 16.3 Å². The summed E-state index contributed by atoms with van der Waals surface area (Å²) < 4.78 is 5.54. The van der Waals surface area contributed by atoms with Crippen LogP contribution in [0, 0.1) is 0 Å². The van der Waals surface area contributed by atoms with E-state index in [1.807, 2.05) is 31.2 Å². The molecule has 0 bridgehead atoms. The molecule has 1 aliphatic heterocycles. The van der Waals surface area contributed by atoms with Crippen LogP contribution in [0.1, 0.15) is 12.5 Å². The lowest BCUT2D eigenvalue weighted by molar-refractivity contribution is -0.144. The van der Waals surface area contributed by atoms with Gasteiger partial charge in [-0.05, 0) is 24.6 Å². The van der Waals surface area contributed by atoms with Gasteiger partial charge in [0.2, 0.25) is 5.91 Å². The number of hydrogen-bond acceptors (Lipinski definition) is 4. The van der Waals surface area contributed by atoms with E-state index in [0.29, 0.717) is 18.8 Å². The predicted octanol–water partition coefficient (Wildman–Crippen LogP) is 2.18. The number of hydrogen-bond donors (Lipinski definition) is 1. The Bertz CT molecular complexity index is 468. The van der Waals surface area contributed by atoms with Crippen LogP contribution in [-0.2, 0) is 15.3 Å². The number of ether oxygens (including phenoxy) is 1. The van der Waals surface area contributed by atoms with Crippen molar-refractivity contribution in [1.82, 2.24) is 4.90 Å². The third kappa shape index (κ3) is 5.18. The molecule has 6 heteroatoms. The SMILES string of the molecule is CC1CN(C(=O)CSCc2ccc(Cl)cc2)CC(CO)O1. The van der Waals surface area contributed by atoms with Gasteiger partial charge in [-0.15, -0.1) is 11.8 Å². The average molecular weight is 330 g/mol. The molecule has 0 spiro atoms. The Balaban J connectivity index is 1.77. The van der Waals surface area contributed by atoms with Gasteiger partial charge in [0.1, 0.15) is 0 Å². The maximum atomic E-state index is 12.2. The van der Waals surface area contributed by atoms with Crippen LogP contribution in [0.5, 0.6) is 0 Å². The molecule has 2 unspecified atom stereocenters. The molecule has 116 valence electrons. The highest BCUT2D eigenvalue weighted by Gasteiger charge is 2.27. The average Bonchev–Trinajstić information content (AvgIpc) is 2.48. The highest BCUT2D eigenvalue weighted by atomic mass is 35.5. The normalized spacial score (nSPS) is 22.3. The molecule has 1 saturated heterocycles. The molecular weight excluding hydrogens is 310 g/mol. The summed E-state index contributed by atoms with van der Waals surface area (Å²) in [4.78, 5) is 14.0. The third-order valence-electron chi connectivity index (χ3n) is 3.29. The highest BCUT2D eigenvalue weighted by molar-refractivity contribution is 7.99. The number of carbonyl (C=O) groups is 1. The van der Waals surface area contributed by atoms with Gasteiger partial charge in [-0.3, -0.25) is 4.79 Å². The minimum atomic E-state index is -0.265. The molecule has 1 aliphatic rings. The maximum absolute atomic E-state index is 12.2. The molecule has 1 aromatic carbocycles. The van der Waals surface area contributed by atoms with Crippen molar-refractivity contribution in [3.8, 4) is 0 Å². The Morgan fingerprint density at radius 2 is 2.14 bits per heavy atom. The molecule has 1 aromatic rings. The van der Waals surface area contributed by atoms with E-state index in [1.54, 1.807) is 16.7 Å². The summed E-state index contributed by atoms with van der Waals surface area (Å²) in [6, 6.07) is 7.65. The van der Waals surface area contributed by atoms with Crippen LogP contribution < -0.4 is 0 Å². The van der Waals surface area contributed by atoms with Crippen molar-refractivity contribution in [1.29, 1.82) is 0 Å². The van der Waals surface area contributed by atoms with E-state index in [-0.39, 0.29) is 24.7 Å². The molecule has 1 amide bonds. The standard InChI is InChI=1S/C15H20ClNO3S/c1-11-6-17(7-14(8-18)20-11)15(19)10-21-9-12-2-4-13(16)5-3-12/h2-5,11,14,18H,6-10H2,1H3. The van der Waals surface area contributed by atoms with Crippen LogP contribution >= 0.6 is 23.4 Å². The lowest BCUT2D eigenvalue weighted by Crippen LogP contribution is -2.50. The van der Waals surface area contributed by atoms with Crippen LogP contribution in [0.4, 0.5) is 0 Å². The molecule has 1 heterocycles. The Kier molecular flexibility index (Phi) is 6.36. The number of nitrogens with zero attached hydrogens (tertiary/aromatic N) is 1. The van der Waals surface area contributed by atoms with Gasteiger partial charge >= 0.3 is 0 Å². The second-order valence-electron chi connectivity index (χ2n) is 5.17. The molecule has 2 rings (SSSR count). The number of benzene rings is 1. The second-order valence-corrected chi connectivity index (χ2v) is 6.59. The zero-order valence-corrected chi connectivity index (χ0v) is 13.6. The molecule has 0 radical (unpaired) electrons. The Labute approximate surface area is 134 Å². The summed E-state index contributed by atoms with van der Waals surface area (Å²) in [5.41, 5.74) is 1.15. The lowest BCUT2D eigenvalue weighted by Gasteiger charge is -2.36. The summed E-state index contributed by atoms with van der Waals surface area (Å²) in [5, 5.41) is 9.90. The van der Waals surface area contributed by atoms with Gasteiger partial charge in [0, 0.05) is 23.9 Å². The van der Waals surface area contributed by atoms with E-state index in [0.717, 1.165) is 16.3 Å². The molecule has 0 aliphatic carbocycles. The summed E-state index contributed by atoms with van der Waals surface area (Å²) >= 11 is 7.43. The van der Waals surface area contributed by atoms with Gasteiger partial charge in [-0.25, -0.2) is 0 Å². The molecule has 4 nitrogen and oxygen atoms in total. The summed E-state index contributed by atoms with van der Waals surface area (Å²) in [6.45, 7) is 2.94. The molecule has 1 fully saturated rings.